The average molecular weight is 201 g/mol. The van der Waals surface area contributed by atoms with E-state index in [2.05, 4.69) is 12.1 Å². The first-order valence-corrected chi connectivity index (χ1v) is 4.79. The molecule has 0 rings (SSSR count). The Labute approximate surface area is 85.2 Å². The van der Waals surface area contributed by atoms with Gasteiger partial charge in [0.05, 0.1) is 12.6 Å². The van der Waals surface area contributed by atoms with Crippen LogP contribution in [0.2, 0.25) is 0 Å². The maximum atomic E-state index is 10.9. The minimum Gasteiger partial charge on any atom is -0.461 e. The number of hydrogen-bond acceptors (Lipinski definition) is 4. The van der Waals surface area contributed by atoms with Gasteiger partial charge < -0.3 is 4.74 Å². The van der Waals surface area contributed by atoms with Gasteiger partial charge in [-0.1, -0.05) is 13.5 Å². The molecule has 0 saturated carbocycles. The van der Waals surface area contributed by atoms with Crippen LogP contribution >= 0.6 is 0 Å². The summed E-state index contributed by atoms with van der Waals surface area (Å²) >= 11 is 0. The lowest BCUT2D eigenvalue weighted by molar-refractivity contribution is -0.139. The molecule has 0 aromatic heterocycles. The number of hydrogen-bond donors (Lipinski definition) is 1. The van der Waals surface area contributed by atoms with Crippen LogP contribution in [-0.2, 0) is 14.4 Å². The van der Waals surface area contributed by atoms with Gasteiger partial charge in [0.15, 0.2) is 0 Å². The maximum Gasteiger partial charge on any atom is 0.333 e. The molecule has 0 heterocycles. The first kappa shape index (κ1) is 13.1. The maximum absolute atomic E-state index is 10.9. The van der Waals surface area contributed by atoms with E-state index in [0.717, 1.165) is 6.42 Å². The zero-order chi connectivity index (χ0) is 11.0. The molecule has 1 unspecified atom stereocenters. The summed E-state index contributed by atoms with van der Waals surface area (Å²) in [5.74, 6) is -0.365. The first-order chi connectivity index (χ1) is 6.57. The highest BCUT2D eigenvalue weighted by molar-refractivity contribution is 5.86. The molecule has 0 fully saturated rings. The molecule has 0 radical (unpaired) electrons. The van der Waals surface area contributed by atoms with Gasteiger partial charge in [0.1, 0.15) is 6.61 Å². The van der Waals surface area contributed by atoms with Crippen LogP contribution in [0.5, 0.6) is 0 Å². The molecule has 0 aliphatic heterocycles. The molecule has 0 spiro atoms. The van der Waals surface area contributed by atoms with Gasteiger partial charge >= 0.3 is 5.97 Å². The van der Waals surface area contributed by atoms with Crippen LogP contribution in [-0.4, -0.2) is 25.2 Å². The van der Waals surface area contributed by atoms with Gasteiger partial charge in [-0.05, 0) is 20.3 Å². The van der Waals surface area contributed by atoms with E-state index in [9.17, 15) is 4.79 Å². The van der Waals surface area contributed by atoms with Crippen molar-refractivity contribution in [1.82, 2.24) is 5.48 Å². The van der Waals surface area contributed by atoms with E-state index >= 15 is 0 Å². The van der Waals surface area contributed by atoms with Crippen molar-refractivity contribution in [3.63, 3.8) is 0 Å². The van der Waals surface area contributed by atoms with E-state index in [1.807, 2.05) is 13.8 Å². The Bertz CT molecular complexity index is 192. The van der Waals surface area contributed by atoms with Gasteiger partial charge in [-0.15, -0.1) is 0 Å². The van der Waals surface area contributed by atoms with E-state index in [-0.39, 0.29) is 12.1 Å². The minimum atomic E-state index is -0.365. The van der Waals surface area contributed by atoms with Crippen LogP contribution < -0.4 is 5.48 Å². The van der Waals surface area contributed by atoms with Gasteiger partial charge in [-0.3, -0.25) is 4.84 Å². The molecular formula is C10H19NO3. The van der Waals surface area contributed by atoms with Gasteiger partial charge in [0.2, 0.25) is 0 Å². The zero-order valence-electron chi connectivity index (χ0n) is 9.13. The van der Waals surface area contributed by atoms with E-state index in [4.69, 9.17) is 9.57 Å². The van der Waals surface area contributed by atoms with Crippen LogP contribution in [0.15, 0.2) is 12.2 Å². The van der Waals surface area contributed by atoms with Crippen LogP contribution in [0, 0.1) is 0 Å². The summed E-state index contributed by atoms with van der Waals surface area (Å²) < 4.78 is 4.84. The highest BCUT2D eigenvalue weighted by Gasteiger charge is 2.02. The fourth-order valence-corrected chi connectivity index (χ4v) is 0.593. The van der Waals surface area contributed by atoms with Gasteiger partial charge in [0, 0.05) is 5.57 Å². The number of ether oxygens (including phenoxy) is 1. The third-order valence-electron chi connectivity index (χ3n) is 1.65. The second-order valence-corrected chi connectivity index (χ2v) is 3.15. The largest absolute Gasteiger partial charge is 0.461 e. The Morgan fingerprint density at radius 1 is 1.57 bits per heavy atom. The quantitative estimate of drug-likeness (QED) is 0.293. The molecule has 1 atom stereocenters. The van der Waals surface area contributed by atoms with E-state index in [0.29, 0.717) is 18.7 Å². The molecular weight excluding hydrogens is 182 g/mol. The molecule has 4 heteroatoms. The summed E-state index contributed by atoms with van der Waals surface area (Å²) in [5, 5.41) is 0. The van der Waals surface area contributed by atoms with Gasteiger partial charge in [0.25, 0.3) is 0 Å². The molecule has 1 N–H and O–H groups in total. The van der Waals surface area contributed by atoms with Gasteiger partial charge in [-0.25, -0.2) is 4.79 Å². The van der Waals surface area contributed by atoms with Crippen LogP contribution in [0.1, 0.15) is 27.2 Å². The molecule has 4 nitrogen and oxygen atoms in total. The van der Waals surface area contributed by atoms with Crippen molar-refractivity contribution in [3.05, 3.63) is 12.2 Å². The molecule has 0 amide bonds. The second kappa shape index (κ2) is 7.53. The molecule has 0 aliphatic carbocycles. The fourth-order valence-electron chi connectivity index (χ4n) is 0.593. The summed E-state index contributed by atoms with van der Waals surface area (Å²) in [4.78, 5) is 16.1. The normalized spacial score (nSPS) is 12.2. The summed E-state index contributed by atoms with van der Waals surface area (Å²) in [7, 11) is 0. The van der Waals surface area contributed by atoms with Crippen molar-refractivity contribution in [3.8, 4) is 0 Å². The molecule has 0 aromatic rings. The van der Waals surface area contributed by atoms with Crippen molar-refractivity contribution in [2.75, 3.05) is 13.2 Å². The van der Waals surface area contributed by atoms with E-state index in [1.165, 1.54) is 0 Å². The Morgan fingerprint density at radius 2 is 2.21 bits per heavy atom. The van der Waals surface area contributed by atoms with Crippen LogP contribution in [0.25, 0.3) is 0 Å². The number of esters is 1. The van der Waals surface area contributed by atoms with Crippen molar-refractivity contribution < 1.29 is 14.4 Å². The van der Waals surface area contributed by atoms with E-state index < -0.39 is 0 Å². The van der Waals surface area contributed by atoms with Crippen LogP contribution in [0.4, 0.5) is 0 Å². The molecule has 0 saturated heterocycles. The Balaban J connectivity index is 3.30. The molecule has 82 valence electrons. The smallest absolute Gasteiger partial charge is 0.333 e. The Kier molecular flexibility index (Phi) is 7.06. The molecule has 0 aliphatic rings. The summed E-state index contributed by atoms with van der Waals surface area (Å²) in [6, 6.07) is 0. The lowest BCUT2D eigenvalue weighted by Gasteiger charge is -2.11. The van der Waals surface area contributed by atoms with Crippen LogP contribution in [0.3, 0.4) is 0 Å². The predicted molar refractivity (Wildman–Crippen MR) is 54.6 cm³/mol. The third kappa shape index (κ3) is 6.62. The number of nitrogens with one attached hydrogen (secondary N) is 1. The minimum absolute atomic E-state index is 0.173. The Morgan fingerprint density at radius 3 is 2.71 bits per heavy atom. The SMILES string of the molecule is C=C(C)C(=O)OCCNOC(C)CC. The molecule has 0 aromatic carbocycles. The highest BCUT2D eigenvalue weighted by atomic mass is 16.7. The highest BCUT2D eigenvalue weighted by Crippen LogP contribution is 1.93. The second-order valence-electron chi connectivity index (χ2n) is 3.15. The van der Waals surface area contributed by atoms with Crippen molar-refractivity contribution in [2.45, 2.75) is 33.3 Å². The van der Waals surface area contributed by atoms with Crippen molar-refractivity contribution in [2.24, 2.45) is 0 Å². The first-order valence-electron chi connectivity index (χ1n) is 4.79. The number of carbonyl (C=O) groups is 1. The number of hydroxylamine groups is 1. The third-order valence-corrected chi connectivity index (χ3v) is 1.65. The van der Waals surface area contributed by atoms with Crippen molar-refractivity contribution in [1.29, 1.82) is 0 Å². The Hall–Kier alpha value is -0.870. The van der Waals surface area contributed by atoms with E-state index in [1.54, 1.807) is 6.92 Å². The predicted octanol–water partition coefficient (Wildman–Crippen LogP) is 1.43. The zero-order valence-corrected chi connectivity index (χ0v) is 9.13. The monoisotopic (exact) mass is 201 g/mol. The summed E-state index contributed by atoms with van der Waals surface area (Å²) in [5.41, 5.74) is 3.13. The lowest BCUT2D eigenvalue weighted by Crippen LogP contribution is -2.25. The number of carbonyl (C=O) groups excluding carboxylic acids is 1. The topological polar surface area (TPSA) is 47.6 Å². The molecule has 0 bridgehead atoms. The van der Waals surface area contributed by atoms with Gasteiger partial charge in [-0.2, -0.15) is 5.48 Å². The fraction of sp³-hybridized carbons (Fsp3) is 0.700. The van der Waals surface area contributed by atoms with Crippen molar-refractivity contribution >= 4 is 5.97 Å². The number of rotatable bonds is 7. The summed E-state index contributed by atoms with van der Waals surface area (Å²) in [6.45, 7) is 9.87. The lowest BCUT2D eigenvalue weighted by atomic mass is 10.3. The average Bonchev–Trinajstić information content (AvgIpc) is 2.16. The summed E-state index contributed by atoms with van der Waals surface area (Å²) in [6.07, 6.45) is 1.12. The standard InChI is InChI=1S/C10H19NO3/c1-5-9(4)14-11-6-7-13-10(12)8(2)3/h9,11H,2,5-7H2,1,3-4H3. The molecule has 14 heavy (non-hydrogen) atoms.